The predicted octanol–water partition coefficient (Wildman–Crippen LogP) is 3.78. The molecule has 0 saturated carbocycles. The van der Waals surface area contributed by atoms with Crippen molar-refractivity contribution in [1.29, 1.82) is 0 Å². The fourth-order valence-electron chi connectivity index (χ4n) is 2.31. The van der Waals surface area contributed by atoms with Crippen LogP contribution in [-0.2, 0) is 13.0 Å². The van der Waals surface area contributed by atoms with Gasteiger partial charge >= 0.3 is 0 Å². The molecule has 3 rings (SSSR count). The lowest BCUT2D eigenvalue weighted by atomic mass is 10.1. The van der Waals surface area contributed by atoms with Crippen LogP contribution in [0.5, 0.6) is 0 Å². The van der Waals surface area contributed by atoms with Crippen molar-refractivity contribution in [3.63, 3.8) is 0 Å². The van der Waals surface area contributed by atoms with Crippen LogP contribution in [0.15, 0.2) is 39.4 Å². The number of rotatable bonds is 5. The number of halogens is 1. The third-order valence-corrected chi connectivity index (χ3v) is 3.90. The van der Waals surface area contributed by atoms with Crippen LogP contribution in [0, 0.1) is 6.92 Å². The molecule has 0 fully saturated rings. The quantitative estimate of drug-likeness (QED) is 0.761. The highest BCUT2D eigenvalue weighted by Crippen LogP contribution is 2.30. The third kappa shape index (κ3) is 3.19. The van der Waals surface area contributed by atoms with Gasteiger partial charge < -0.3 is 14.3 Å². The van der Waals surface area contributed by atoms with Crippen molar-refractivity contribution in [2.45, 2.75) is 26.8 Å². The summed E-state index contributed by atoms with van der Waals surface area (Å²) in [5.74, 6) is 1.33. The van der Waals surface area contributed by atoms with E-state index in [0.717, 1.165) is 12.2 Å². The minimum atomic E-state index is -0.320. The van der Waals surface area contributed by atoms with Crippen molar-refractivity contribution in [3.05, 3.63) is 58.5 Å². The van der Waals surface area contributed by atoms with Crippen LogP contribution < -0.4 is 5.32 Å². The molecular weight excluding hydrogens is 330 g/mol. The van der Waals surface area contributed by atoms with Crippen molar-refractivity contribution < 1.29 is 13.7 Å². The van der Waals surface area contributed by atoms with Crippen molar-refractivity contribution in [3.8, 4) is 11.3 Å². The number of oxazole rings is 1. The van der Waals surface area contributed by atoms with E-state index in [4.69, 9.17) is 20.5 Å². The lowest BCUT2D eigenvalue weighted by molar-refractivity contribution is 0.0946. The van der Waals surface area contributed by atoms with E-state index < -0.39 is 0 Å². The first-order chi connectivity index (χ1) is 11.6. The Morgan fingerprint density at radius 2 is 2.12 bits per heavy atom. The summed E-state index contributed by atoms with van der Waals surface area (Å²) in [5.41, 5.74) is 1.41. The molecular formula is C17H16ClN3O3. The summed E-state index contributed by atoms with van der Waals surface area (Å²) < 4.78 is 10.7. The monoisotopic (exact) mass is 345 g/mol. The number of carbonyl (C=O) groups is 1. The van der Waals surface area contributed by atoms with Gasteiger partial charge in [-0.1, -0.05) is 41.9 Å². The zero-order valence-electron chi connectivity index (χ0n) is 13.3. The molecule has 0 radical (unpaired) electrons. The summed E-state index contributed by atoms with van der Waals surface area (Å²) in [6, 6.07) is 7.16. The number of nitrogens with one attached hydrogen (secondary N) is 1. The molecule has 1 aromatic carbocycles. The molecule has 7 heteroatoms. The molecule has 0 aliphatic heterocycles. The second-order valence-electron chi connectivity index (χ2n) is 5.20. The van der Waals surface area contributed by atoms with Gasteiger partial charge in [-0.2, -0.15) is 0 Å². The SMILES string of the molecule is CCc1cnc(CNC(=O)c2c(-c3ccccc3Cl)noc2C)o1. The maximum atomic E-state index is 12.6. The van der Waals surface area contributed by atoms with Crippen LogP contribution in [0.25, 0.3) is 11.3 Å². The summed E-state index contributed by atoms with van der Waals surface area (Å²) in [5, 5.41) is 7.25. The first-order valence-corrected chi connectivity index (χ1v) is 7.91. The van der Waals surface area contributed by atoms with Gasteiger partial charge in [0.1, 0.15) is 22.8 Å². The minimum absolute atomic E-state index is 0.186. The van der Waals surface area contributed by atoms with Crippen LogP contribution in [0.2, 0.25) is 5.02 Å². The largest absolute Gasteiger partial charge is 0.444 e. The summed E-state index contributed by atoms with van der Waals surface area (Å²) in [6.07, 6.45) is 2.41. The Balaban J connectivity index is 1.82. The van der Waals surface area contributed by atoms with Gasteiger partial charge in [0.05, 0.1) is 17.8 Å². The van der Waals surface area contributed by atoms with Crippen LogP contribution >= 0.6 is 11.6 Å². The summed E-state index contributed by atoms with van der Waals surface area (Å²) in [4.78, 5) is 16.7. The van der Waals surface area contributed by atoms with E-state index in [9.17, 15) is 4.79 Å². The highest BCUT2D eigenvalue weighted by Gasteiger charge is 2.23. The van der Waals surface area contributed by atoms with Crippen molar-refractivity contribution in [2.75, 3.05) is 0 Å². The average Bonchev–Trinajstić information content (AvgIpc) is 3.19. The Morgan fingerprint density at radius 3 is 2.83 bits per heavy atom. The number of hydrogen-bond acceptors (Lipinski definition) is 5. The number of carbonyl (C=O) groups excluding carboxylic acids is 1. The lowest BCUT2D eigenvalue weighted by Crippen LogP contribution is -2.23. The van der Waals surface area contributed by atoms with Gasteiger partial charge in [-0.05, 0) is 13.0 Å². The molecule has 124 valence electrons. The van der Waals surface area contributed by atoms with Gasteiger partial charge in [-0.3, -0.25) is 4.79 Å². The van der Waals surface area contributed by atoms with Crippen molar-refractivity contribution >= 4 is 17.5 Å². The average molecular weight is 346 g/mol. The van der Waals surface area contributed by atoms with Crippen molar-refractivity contribution in [1.82, 2.24) is 15.5 Å². The number of amides is 1. The smallest absolute Gasteiger partial charge is 0.257 e. The highest BCUT2D eigenvalue weighted by atomic mass is 35.5. The summed E-state index contributed by atoms with van der Waals surface area (Å²) in [7, 11) is 0. The molecule has 1 amide bonds. The Hall–Kier alpha value is -2.60. The molecule has 0 unspecified atom stereocenters. The van der Waals surface area contributed by atoms with E-state index in [-0.39, 0.29) is 12.5 Å². The molecule has 24 heavy (non-hydrogen) atoms. The third-order valence-electron chi connectivity index (χ3n) is 3.57. The normalized spacial score (nSPS) is 10.8. The highest BCUT2D eigenvalue weighted by molar-refractivity contribution is 6.33. The molecule has 6 nitrogen and oxygen atoms in total. The topological polar surface area (TPSA) is 81.2 Å². The van der Waals surface area contributed by atoms with Gasteiger partial charge in [0.15, 0.2) is 0 Å². The second-order valence-corrected chi connectivity index (χ2v) is 5.61. The Kier molecular flexibility index (Phi) is 4.66. The van der Waals surface area contributed by atoms with Crippen LogP contribution in [-0.4, -0.2) is 16.0 Å². The van der Waals surface area contributed by atoms with Crippen LogP contribution in [0.1, 0.15) is 34.7 Å². The fraction of sp³-hybridized carbons (Fsp3) is 0.235. The van der Waals surface area contributed by atoms with Gasteiger partial charge in [-0.15, -0.1) is 0 Å². The van der Waals surface area contributed by atoms with Gasteiger partial charge in [0.25, 0.3) is 5.91 Å². The van der Waals surface area contributed by atoms with Gasteiger partial charge in [0, 0.05) is 12.0 Å². The first kappa shape index (κ1) is 16.3. The van der Waals surface area contributed by atoms with E-state index in [0.29, 0.717) is 33.5 Å². The number of nitrogens with zero attached hydrogens (tertiary/aromatic N) is 2. The molecule has 1 N–H and O–H groups in total. The number of hydrogen-bond donors (Lipinski definition) is 1. The molecule has 0 bridgehead atoms. The summed E-state index contributed by atoms with van der Waals surface area (Å²) in [6.45, 7) is 3.84. The van der Waals surface area contributed by atoms with E-state index in [1.165, 1.54) is 0 Å². The van der Waals surface area contributed by atoms with E-state index in [2.05, 4.69) is 15.5 Å². The van der Waals surface area contributed by atoms with Crippen molar-refractivity contribution in [2.24, 2.45) is 0 Å². The predicted molar refractivity (Wildman–Crippen MR) is 88.7 cm³/mol. The number of benzene rings is 1. The summed E-state index contributed by atoms with van der Waals surface area (Å²) >= 11 is 6.20. The maximum absolute atomic E-state index is 12.6. The molecule has 0 atom stereocenters. The Bertz CT molecular complexity index is 870. The fourth-order valence-corrected chi connectivity index (χ4v) is 2.54. The minimum Gasteiger partial charge on any atom is -0.444 e. The molecule has 0 saturated heterocycles. The lowest BCUT2D eigenvalue weighted by Gasteiger charge is -2.05. The first-order valence-electron chi connectivity index (χ1n) is 7.53. The molecule has 3 aromatic rings. The molecule has 0 aliphatic carbocycles. The molecule has 2 heterocycles. The zero-order chi connectivity index (χ0) is 17.1. The Morgan fingerprint density at radius 1 is 1.33 bits per heavy atom. The maximum Gasteiger partial charge on any atom is 0.257 e. The van der Waals surface area contributed by atoms with E-state index in [1.807, 2.05) is 19.1 Å². The molecule has 0 spiro atoms. The van der Waals surface area contributed by atoms with Crippen LogP contribution in [0.3, 0.4) is 0 Å². The van der Waals surface area contributed by atoms with Gasteiger partial charge in [0.2, 0.25) is 5.89 Å². The second kappa shape index (κ2) is 6.88. The zero-order valence-corrected chi connectivity index (χ0v) is 14.1. The Labute approximate surface area is 143 Å². The molecule has 2 aromatic heterocycles. The van der Waals surface area contributed by atoms with E-state index >= 15 is 0 Å². The molecule has 0 aliphatic rings. The number of aryl methyl sites for hydroxylation is 2. The number of aromatic nitrogens is 2. The standard InChI is InChI=1S/C17H16ClN3O3/c1-3-11-8-19-14(23-11)9-20-17(22)15-10(2)24-21-16(15)12-6-4-5-7-13(12)18/h4-8H,3,9H2,1-2H3,(H,20,22). The van der Waals surface area contributed by atoms with E-state index in [1.54, 1.807) is 25.3 Å². The van der Waals surface area contributed by atoms with Gasteiger partial charge in [-0.25, -0.2) is 4.98 Å². The van der Waals surface area contributed by atoms with Crippen LogP contribution in [0.4, 0.5) is 0 Å².